The van der Waals surface area contributed by atoms with Gasteiger partial charge in [0.2, 0.25) is 5.91 Å². The highest BCUT2D eigenvalue weighted by molar-refractivity contribution is 5.87. The van der Waals surface area contributed by atoms with Crippen molar-refractivity contribution in [3.8, 4) is 0 Å². The summed E-state index contributed by atoms with van der Waals surface area (Å²) in [6.45, 7) is 3.69. The molecule has 3 nitrogen and oxygen atoms in total. The number of rotatable bonds is 4. The van der Waals surface area contributed by atoms with Crippen LogP contribution < -0.4 is 5.32 Å². The van der Waals surface area contributed by atoms with Gasteiger partial charge >= 0.3 is 0 Å². The van der Waals surface area contributed by atoms with E-state index in [2.05, 4.69) is 5.32 Å². The highest BCUT2D eigenvalue weighted by atomic mass is 16.3. The topological polar surface area (TPSA) is 49.3 Å². The third kappa shape index (κ3) is 4.56. The Morgan fingerprint density at radius 3 is 2.73 bits per heavy atom. The monoisotopic (exact) mass is 157 g/mol. The van der Waals surface area contributed by atoms with Gasteiger partial charge in [0.25, 0.3) is 0 Å². The molecule has 0 aromatic heterocycles. The van der Waals surface area contributed by atoms with Gasteiger partial charge in [0, 0.05) is 0 Å². The Bertz CT molecular complexity index is 139. The van der Waals surface area contributed by atoms with Crippen molar-refractivity contribution >= 4 is 5.91 Å². The van der Waals surface area contributed by atoms with Crippen LogP contribution in [0.1, 0.15) is 20.3 Å². The van der Waals surface area contributed by atoms with Crippen molar-refractivity contribution in [2.75, 3.05) is 6.61 Å². The van der Waals surface area contributed by atoms with E-state index in [-0.39, 0.29) is 18.6 Å². The fraction of sp³-hybridized carbons (Fsp3) is 0.625. The molecule has 1 amide bonds. The van der Waals surface area contributed by atoms with Crippen LogP contribution in [0, 0.1) is 0 Å². The molecule has 0 aromatic carbocycles. The molecule has 0 heterocycles. The summed E-state index contributed by atoms with van der Waals surface area (Å²) in [7, 11) is 0. The van der Waals surface area contributed by atoms with Crippen LogP contribution >= 0.6 is 0 Å². The number of carbonyl (C=O) groups is 1. The van der Waals surface area contributed by atoms with Crippen LogP contribution in [-0.4, -0.2) is 23.7 Å². The zero-order chi connectivity index (χ0) is 8.69. The zero-order valence-corrected chi connectivity index (χ0v) is 7.00. The van der Waals surface area contributed by atoms with Gasteiger partial charge in [-0.3, -0.25) is 4.79 Å². The average Bonchev–Trinajstić information content (AvgIpc) is 2.01. The Morgan fingerprint density at radius 2 is 2.36 bits per heavy atom. The molecule has 0 saturated carbocycles. The standard InChI is InChI=1S/C8H15NO2/c1-3-5-8(11)9-7(4-2)6-10/h3,5,7,10H,4,6H2,1-2H3,(H,9,11)/b5-3+/t7-/m1/s1. The Labute approximate surface area is 67.1 Å². The van der Waals surface area contributed by atoms with E-state index in [1.54, 1.807) is 13.0 Å². The van der Waals surface area contributed by atoms with E-state index < -0.39 is 0 Å². The summed E-state index contributed by atoms with van der Waals surface area (Å²) in [5.41, 5.74) is 0. The van der Waals surface area contributed by atoms with Gasteiger partial charge in [-0.1, -0.05) is 13.0 Å². The van der Waals surface area contributed by atoms with Crippen LogP contribution in [0.3, 0.4) is 0 Å². The third-order valence-electron chi connectivity index (χ3n) is 1.38. The van der Waals surface area contributed by atoms with Gasteiger partial charge in [-0.05, 0) is 19.4 Å². The fourth-order valence-electron chi connectivity index (χ4n) is 0.677. The summed E-state index contributed by atoms with van der Waals surface area (Å²) in [5, 5.41) is 11.3. The lowest BCUT2D eigenvalue weighted by Gasteiger charge is -2.11. The lowest BCUT2D eigenvalue weighted by atomic mass is 10.2. The van der Waals surface area contributed by atoms with Crippen LogP contribution in [0.5, 0.6) is 0 Å². The molecular weight excluding hydrogens is 142 g/mol. The first-order valence-corrected chi connectivity index (χ1v) is 3.78. The van der Waals surface area contributed by atoms with Gasteiger partial charge in [0.15, 0.2) is 0 Å². The number of allylic oxidation sites excluding steroid dienone is 1. The molecular formula is C8H15NO2. The lowest BCUT2D eigenvalue weighted by Crippen LogP contribution is -2.35. The molecule has 0 saturated heterocycles. The van der Waals surface area contributed by atoms with Crippen molar-refractivity contribution in [1.82, 2.24) is 5.32 Å². The molecule has 3 heteroatoms. The Morgan fingerprint density at radius 1 is 1.73 bits per heavy atom. The second kappa shape index (κ2) is 5.92. The van der Waals surface area contributed by atoms with Crippen LogP contribution in [-0.2, 0) is 4.79 Å². The summed E-state index contributed by atoms with van der Waals surface area (Å²) in [6.07, 6.45) is 3.86. The molecule has 2 N–H and O–H groups in total. The minimum absolute atomic E-state index is 0.000204. The van der Waals surface area contributed by atoms with Gasteiger partial charge in [-0.25, -0.2) is 0 Å². The molecule has 0 unspecified atom stereocenters. The molecule has 0 rings (SSSR count). The first-order chi connectivity index (χ1) is 5.24. The average molecular weight is 157 g/mol. The zero-order valence-electron chi connectivity index (χ0n) is 7.00. The molecule has 0 spiro atoms. The van der Waals surface area contributed by atoms with Gasteiger partial charge in [-0.15, -0.1) is 0 Å². The molecule has 0 aliphatic heterocycles. The maximum atomic E-state index is 10.9. The number of hydrogen-bond acceptors (Lipinski definition) is 2. The summed E-state index contributed by atoms with van der Waals surface area (Å²) >= 11 is 0. The summed E-state index contributed by atoms with van der Waals surface area (Å²) in [4.78, 5) is 10.9. The number of hydrogen-bond donors (Lipinski definition) is 2. The largest absolute Gasteiger partial charge is 0.394 e. The normalized spacial score (nSPS) is 13.4. The highest BCUT2D eigenvalue weighted by Gasteiger charge is 2.04. The number of amides is 1. The molecule has 0 fully saturated rings. The van der Waals surface area contributed by atoms with Crippen molar-refractivity contribution in [3.63, 3.8) is 0 Å². The van der Waals surface area contributed by atoms with Crippen LogP contribution in [0.15, 0.2) is 12.2 Å². The number of aliphatic hydroxyl groups is 1. The fourth-order valence-corrected chi connectivity index (χ4v) is 0.677. The van der Waals surface area contributed by atoms with E-state index in [9.17, 15) is 4.79 Å². The van der Waals surface area contributed by atoms with Gasteiger partial charge < -0.3 is 10.4 Å². The van der Waals surface area contributed by atoms with Crippen molar-refractivity contribution in [2.24, 2.45) is 0 Å². The summed E-state index contributed by atoms with van der Waals surface area (Å²) in [6, 6.07) is -0.112. The highest BCUT2D eigenvalue weighted by Crippen LogP contribution is 1.88. The van der Waals surface area contributed by atoms with Crippen molar-refractivity contribution in [3.05, 3.63) is 12.2 Å². The van der Waals surface area contributed by atoms with Crippen molar-refractivity contribution < 1.29 is 9.90 Å². The summed E-state index contributed by atoms with van der Waals surface area (Å²) in [5.74, 6) is -0.145. The maximum Gasteiger partial charge on any atom is 0.243 e. The van der Waals surface area contributed by atoms with Gasteiger partial charge in [0.1, 0.15) is 0 Å². The van der Waals surface area contributed by atoms with Crippen LogP contribution in [0.25, 0.3) is 0 Å². The number of nitrogens with one attached hydrogen (secondary N) is 1. The first-order valence-electron chi connectivity index (χ1n) is 3.78. The van der Waals surface area contributed by atoms with Crippen LogP contribution in [0.4, 0.5) is 0 Å². The van der Waals surface area contributed by atoms with Crippen molar-refractivity contribution in [2.45, 2.75) is 26.3 Å². The third-order valence-corrected chi connectivity index (χ3v) is 1.38. The van der Waals surface area contributed by atoms with E-state index in [0.717, 1.165) is 6.42 Å². The van der Waals surface area contributed by atoms with E-state index in [4.69, 9.17) is 5.11 Å². The minimum Gasteiger partial charge on any atom is -0.394 e. The summed E-state index contributed by atoms with van der Waals surface area (Å²) < 4.78 is 0. The van der Waals surface area contributed by atoms with Gasteiger partial charge in [0.05, 0.1) is 12.6 Å². The smallest absolute Gasteiger partial charge is 0.243 e. The van der Waals surface area contributed by atoms with Crippen LogP contribution in [0.2, 0.25) is 0 Å². The SMILES string of the molecule is C/C=C/C(=O)N[C@H](CC)CO. The van der Waals surface area contributed by atoms with E-state index in [0.29, 0.717) is 0 Å². The number of aliphatic hydroxyl groups excluding tert-OH is 1. The molecule has 11 heavy (non-hydrogen) atoms. The maximum absolute atomic E-state index is 10.9. The first kappa shape index (κ1) is 10.2. The van der Waals surface area contributed by atoms with E-state index >= 15 is 0 Å². The number of carbonyl (C=O) groups excluding carboxylic acids is 1. The quantitative estimate of drug-likeness (QED) is 0.582. The second-order valence-electron chi connectivity index (χ2n) is 2.30. The lowest BCUT2D eigenvalue weighted by molar-refractivity contribution is -0.117. The Balaban J connectivity index is 3.71. The van der Waals surface area contributed by atoms with E-state index in [1.807, 2.05) is 6.92 Å². The van der Waals surface area contributed by atoms with E-state index in [1.165, 1.54) is 6.08 Å². The van der Waals surface area contributed by atoms with Crippen molar-refractivity contribution in [1.29, 1.82) is 0 Å². The Hall–Kier alpha value is -0.830. The molecule has 64 valence electrons. The molecule has 0 radical (unpaired) electrons. The molecule has 0 aliphatic rings. The second-order valence-corrected chi connectivity index (χ2v) is 2.30. The van der Waals surface area contributed by atoms with Gasteiger partial charge in [-0.2, -0.15) is 0 Å². The molecule has 0 aliphatic carbocycles. The molecule has 1 atom stereocenters. The minimum atomic E-state index is -0.145. The predicted molar refractivity (Wildman–Crippen MR) is 44.1 cm³/mol. The molecule has 0 aromatic rings. The Kier molecular flexibility index (Phi) is 5.47. The predicted octanol–water partition coefficient (Wildman–Crippen LogP) is 0.450. The molecule has 0 bridgehead atoms.